The van der Waals surface area contributed by atoms with Gasteiger partial charge in [0.25, 0.3) is 5.91 Å². The number of aryl methyl sites for hydroxylation is 1. The van der Waals surface area contributed by atoms with Crippen molar-refractivity contribution >= 4 is 17.5 Å². The summed E-state index contributed by atoms with van der Waals surface area (Å²) in [7, 11) is 1.47. The minimum absolute atomic E-state index is 0.0496. The molecule has 6 nitrogen and oxygen atoms in total. The Morgan fingerprint density at radius 2 is 2.02 bits per heavy atom. The number of rotatable bonds is 7. The van der Waals surface area contributed by atoms with Gasteiger partial charge in [0.15, 0.2) is 5.60 Å². The molecule has 0 aromatic heterocycles. The highest BCUT2D eigenvalue weighted by atomic mass is 35.5. The van der Waals surface area contributed by atoms with Crippen LogP contribution in [0, 0.1) is 11.6 Å². The van der Waals surface area contributed by atoms with Crippen molar-refractivity contribution < 1.29 is 28.2 Å². The first-order chi connectivity index (χ1) is 19.4. The first kappa shape index (κ1) is 27.1. The van der Waals surface area contributed by atoms with E-state index in [4.69, 9.17) is 21.1 Å². The van der Waals surface area contributed by atoms with Gasteiger partial charge in [0, 0.05) is 41.8 Å². The monoisotopic (exact) mass is 568 g/mol. The van der Waals surface area contributed by atoms with E-state index in [0.29, 0.717) is 36.0 Å². The largest absolute Gasteiger partial charge is 0.480 e. The van der Waals surface area contributed by atoms with Crippen LogP contribution in [0.5, 0.6) is 5.75 Å². The molecule has 6 rings (SSSR count). The van der Waals surface area contributed by atoms with Crippen LogP contribution in [0.3, 0.4) is 0 Å². The Morgan fingerprint density at radius 3 is 2.73 bits per heavy atom. The number of aliphatic hydroxyl groups is 1. The molecule has 3 aromatic carbocycles. The molecule has 2 aliphatic heterocycles. The molecule has 2 heterocycles. The third kappa shape index (κ3) is 4.29. The molecule has 210 valence electrons. The lowest BCUT2D eigenvalue weighted by Crippen LogP contribution is -2.48. The minimum atomic E-state index is -0.862. The van der Waals surface area contributed by atoms with E-state index in [2.05, 4.69) is 10.6 Å². The summed E-state index contributed by atoms with van der Waals surface area (Å²) in [4.78, 5) is 13.1. The molecule has 1 unspecified atom stereocenters. The third-order valence-corrected chi connectivity index (χ3v) is 8.79. The minimum Gasteiger partial charge on any atom is -0.480 e. The quantitative estimate of drug-likeness (QED) is 0.364. The lowest BCUT2D eigenvalue weighted by molar-refractivity contribution is 0.0273. The molecular formula is C31H31ClF2N2O4. The van der Waals surface area contributed by atoms with E-state index in [1.807, 2.05) is 30.3 Å². The lowest BCUT2D eigenvalue weighted by atomic mass is 9.80. The van der Waals surface area contributed by atoms with Crippen molar-refractivity contribution in [1.29, 1.82) is 0 Å². The molecule has 0 radical (unpaired) electrons. The second-order valence-electron chi connectivity index (χ2n) is 10.6. The van der Waals surface area contributed by atoms with Gasteiger partial charge in [-0.2, -0.15) is 0 Å². The number of hydrogen-bond donors (Lipinski definition) is 3. The van der Waals surface area contributed by atoms with Crippen molar-refractivity contribution in [2.75, 3.05) is 26.8 Å². The van der Waals surface area contributed by atoms with Crippen molar-refractivity contribution in [1.82, 2.24) is 10.6 Å². The van der Waals surface area contributed by atoms with E-state index in [1.165, 1.54) is 13.1 Å². The molecule has 1 amide bonds. The van der Waals surface area contributed by atoms with E-state index >= 15 is 8.78 Å². The number of hydrogen-bond acceptors (Lipinski definition) is 5. The SMILES string of the molecule is CNC(=O)c1cc2c(c(F)c1-c1c(Cl)c(F)cc3c1C[C@](c1ccccc1)([C@@H]1CCCN1)O3)C(OCCO)CC2. The zero-order chi connectivity index (χ0) is 28.0. The maximum Gasteiger partial charge on any atom is 0.251 e. The molecule has 0 bridgehead atoms. The summed E-state index contributed by atoms with van der Waals surface area (Å²) < 4.78 is 44.7. The van der Waals surface area contributed by atoms with Gasteiger partial charge in [-0.15, -0.1) is 0 Å². The van der Waals surface area contributed by atoms with E-state index in [-0.39, 0.29) is 46.7 Å². The summed E-state index contributed by atoms with van der Waals surface area (Å²) in [6.45, 7) is 0.679. The number of ether oxygens (including phenoxy) is 2. The molecule has 3 aromatic rings. The summed E-state index contributed by atoms with van der Waals surface area (Å²) >= 11 is 6.66. The van der Waals surface area contributed by atoms with Crippen molar-refractivity contribution in [3.63, 3.8) is 0 Å². The highest BCUT2D eigenvalue weighted by Crippen LogP contribution is 2.53. The average Bonchev–Trinajstić information content (AvgIpc) is 3.73. The molecule has 0 spiro atoms. The van der Waals surface area contributed by atoms with Crippen molar-refractivity contribution in [2.45, 2.75) is 49.9 Å². The van der Waals surface area contributed by atoms with Gasteiger partial charge in [-0.3, -0.25) is 4.79 Å². The third-order valence-electron chi connectivity index (χ3n) is 8.42. The van der Waals surface area contributed by atoms with Crippen LogP contribution in [0.4, 0.5) is 8.78 Å². The van der Waals surface area contributed by atoms with E-state index < -0.39 is 29.2 Å². The number of fused-ring (bicyclic) bond motifs is 2. The van der Waals surface area contributed by atoms with Gasteiger partial charge in [-0.1, -0.05) is 41.9 Å². The van der Waals surface area contributed by atoms with Crippen LogP contribution < -0.4 is 15.4 Å². The van der Waals surface area contributed by atoms with E-state index in [1.54, 1.807) is 6.07 Å². The smallest absolute Gasteiger partial charge is 0.251 e. The van der Waals surface area contributed by atoms with Gasteiger partial charge in [-0.25, -0.2) is 8.78 Å². The summed E-state index contributed by atoms with van der Waals surface area (Å²) in [5.41, 5.74) is 1.72. The lowest BCUT2D eigenvalue weighted by Gasteiger charge is -2.35. The van der Waals surface area contributed by atoms with Gasteiger partial charge >= 0.3 is 0 Å². The van der Waals surface area contributed by atoms with Crippen molar-refractivity contribution in [3.05, 3.63) is 86.9 Å². The fourth-order valence-corrected chi connectivity index (χ4v) is 6.91. The summed E-state index contributed by atoms with van der Waals surface area (Å²) in [6.07, 6.45) is 2.56. The number of halogens is 3. The van der Waals surface area contributed by atoms with Crippen molar-refractivity contribution in [2.24, 2.45) is 0 Å². The maximum atomic E-state index is 16.7. The highest BCUT2D eigenvalue weighted by molar-refractivity contribution is 6.34. The zero-order valence-corrected chi connectivity index (χ0v) is 22.9. The van der Waals surface area contributed by atoms with Crippen LogP contribution in [0.2, 0.25) is 5.02 Å². The topological polar surface area (TPSA) is 79.8 Å². The maximum absolute atomic E-state index is 16.7. The summed E-state index contributed by atoms with van der Waals surface area (Å²) in [5, 5.41) is 15.2. The van der Waals surface area contributed by atoms with Crippen LogP contribution in [0.25, 0.3) is 11.1 Å². The van der Waals surface area contributed by atoms with Crippen LogP contribution >= 0.6 is 11.6 Å². The first-order valence-corrected chi connectivity index (χ1v) is 14.1. The van der Waals surface area contributed by atoms with Crippen LogP contribution in [0.15, 0.2) is 42.5 Å². The molecule has 1 fully saturated rings. The average molecular weight is 569 g/mol. The van der Waals surface area contributed by atoms with Crippen LogP contribution in [0.1, 0.15) is 58.0 Å². The Hall–Kier alpha value is -3.04. The molecule has 1 saturated heterocycles. The molecule has 40 heavy (non-hydrogen) atoms. The molecule has 1 aliphatic carbocycles. The van der Waals surface area contributed by atoms with E-state index in [0.717, 1.165) is 24.9 Å². The number of benzene rings is 3. The highest BCUT2D eigenvalue weighted by Gasteiger charge is 2.50. The van der Waals surface area contributed by atoms with E-state index in [9.17, 15) is 9.90 Å². The molecule has 3 aliphatic rings. The number of carbonyl (C=O) groups is 1. The molecule has 9 heteroatoms. The fraction of sp³-hybridized carbons (Fsp3) is 0.387. The van der Waals surface area contributed by atoms with Crippen LogP contribution in [-0.4, -0.2) is 43.9 Å². The summed E-state index contributed by atoms with van der Waals surface area (Å²) in [5.74, 6) is -1.64. The predicted molar refractivity (Wildman–Crippen MR) is 148 cm³/mol. The Bertz CT molecular complexity index is 1460. The molecular weight excluding hydrogens is 538 g/mol. The molecule has 3 atom stereocenters. The molecule has 3 N–H and O–H groups in total. The summed E-state index contributed by atoms with van der Waals surface area (Å²) in [6, 6.07) is 12.6. The second-order valence-corrected chi connectivity index (χ2v) is 11.0. The Morgan fingerprint density at radius 1 is 1.23 bits per heavy atom. The van der Waals surface area contributed by atoms with Gasteiger partial charge in [0.1, 0.15) is 17.4 Å². The van der Waals surface area contributed by atoms with Gasteiger partial charge in [0.2, 0.25) is 0 Å². The number of carbonyl (C=O) groups excluding carboxylic acids is 1. The van der Waals surface area contributed by atoms with Crippen LogP contribution in [-0.2, 0) is 23.2 Å². The number of amides is 1. The standard InChI is InChI=1S/C31H31ClF2N2O4/c1-35-30(38)19-14-17-9-10-22(39-13-12-37)25(17)29(34)27(19)26-20-16-31(24-8-5-11-36-24,18-6-3-2-4-7-18)40-23(20)15-21(33)28(26)32/h2-4,6-7,14-15,22,24,36-37H,5,8-13,16H2,1H3,(H,35,38)/t22?,24-,31-/m0/s1. The number of aliphatic hydroxyl groups excluding tert-OH is 1. The van der Waals surface area contributed by atoms with Gasteiger partial charge in [0.05, 0.1) is 35.9 Å². The Labute approximate surface area is 236 Å². The first-order valence-electron chi connectivity index (χ1n) is 13.7. The predicted octanol–water partition coefficient (Wildman–Crippen LogP) is 5.22. The van der Waals surface area contributed by atoms with Gasteiger partial charge < -0.3 is 25.2 Å². The number of nitrogens with one attached hydrogen (secondary N) is 2. The normalized spacial score (nSPS) is 23.1. The molecule has 0 saturated carbocycles. The fourth-order valence-electron chi connectivity index (χ4n) is 6.65. The van der Waals surface area contributed by atoms with Gasteiger partial charge in [-0.05, 0) is 49.4 Å². The Kier molecular flexibility index (Phi) is 7.29. The second kappa shape index (κ2) is 10.7. The zero-order valence-electron chi connectivity index (χ0n) is 22.2. The van der Waals surface area contributed by atoms with Crippen molar-refractivity contribution in [3.8, 4) is 16.9 Å². The Balaban J connectivity index is 1.58.